The molecule has 3 nitrogen and oxygen atoms in total. The Kier molecular flexibility index (Phi) is 4.10. The molecule has 0 aromatic carbocycles. The predicted molar refractivity (Wildman–Crippen MR) is 73.8 cm³/mol. The van der Waals surface area contributed by atoms with Gasteiger partial charge in [0.15, 0.2) is 0 Å². The highest BCUT2D eigenvalue weighted by Crippen LogP contribution is 2.22. The van der Waals surface area contributed by atoms with Crippen molar-refractivity contribution in [2.75, 3.05) is 0 Å². The monoisotopic (exact) mass is 260 g/mol. The van der Waals surface area contributed by atoms with Crippen LogP contribution in [0.25, 0.3) is 0 Å². The molecule has 18 heavy (non-hydrogen) atoms. The predicted octanol–water partition coefficient (Wildman–Crippen LogP) is 2.94. The molecule has 0 atom stereocenters. The molecule has 0 unspecified atom stereocenters. The van der Waals surface area contributed by atoms with E-state index in [4.69, 9.17) is 0 Å². The molecule has 0 aliphatic heterocycles. The number of rotatable bonds is 4. The van der Waals surface area contributed by atoms with Crippen LogP contribution in [0.15, 0.2) is 29.9 Å². The molecule has 0 fully saturated rings. The summed E-state index contributed by atoms with van der Waals surface area (Å²) in [7, 11) is 0. The number of amides is 1. The van der Waals surface area contributed by atoms with E-state index in [0.717, 1.165) is 23.1 Å². The lowest BCUT2D eigenvalue weighted by molar-refractivity contribution is 0.0950. The molecule has 0 saturated heterocycles. The highest BCUT2D eigenvalue weighted by Gasteiger charge is 2.13. The van der Waals surface area contributed by atoms with Crippen molar-refractivity contribution in [2.24, 2.45) is 0 Å². The molecule has 0 bridgehead atoms. The molecule has 0 aliphatic carbocycles. The third-order valence-electron chi connectivity index (χ3n) is 2.90. The Labute approximate surface area is 111 Å². The lowest BCUT2D eigenvalue weighted by atomic mass is 10.1. The maximum Gasteiger partial charge on any atom is 0.252 e. The Balaban J connectivity index is 2.04. The first-order chi connectivity index (χ1) is 8.72. The van der Waals surface area contributed by atoms with Gasteiger partial charge >= 0.3 is 0 Å². The minimum atomic E-state index is 0.00742. The Bertz CT molecular complexity index is 534. The molecule has 1 N–H and O–H groups in total. The van der Waals surface area contributed by atoms with E-state index in [1.165, 1.54) is 4.88 Å². The van der Waals surface area contributed by atoms with E-state index in [1.807, 2.05) is 17.5 Å². The van der Waals surface area contributed by atoms with E-state index < -0.39 is 0 Å². The van der Waals surface area contributed by atoms with Gasteiger partial charge in [-0.05, 0) is 36.6 Å². The van der Waals surface area contributed by atoms with Gasteiger partial charge < -0.3 is 5.32 Å². The number of thiophene rings is 1. The van der Waals surface area contributed by atoms with Crippen molar-refractivity contribution in [1.82, 2.24) is 10.3 Å². The molecule has 0 saturated carbocycles. The number of aromatic nitrogens is 1. The normalized spacial score (nSPS) is 10.3. The Hall–Kier alpha value is -1.68. The average Bonchev–Trinajstić information content (AvgIpc) is 2.78. The van der Waals surface area contributed by atoms with Crippen molar-refractivity contribution < 1.29 is 4.79 Å². The van der Waals surface area contributed by atoms with Crippen molar-refractivity contribution in [3.63, 3.8) is 0 Å². The van der Waals surface area contributed by atoms with Crippen LogP contribution in [0.1, 0.15) is 33.3 Å². The van der Waals surface area contributed by atoms with Crippen LogP contribution in [-0.2, 0) is 13.0 Å². The molecule has 0 aliphatic rings. The standard InChI is InChI=1S/C14H16N2OS/c1-3-12-10(2)18-9-13(12)14(17)16-8-11-4-6-15-7-5-11/h4-7,9H,3,8H2,1-2H3,(H,16,17). The van der Waals surface area contributed by atoms with Crippen LogP contribution in [0.4, 0.5) is 0 Å². The van der Waals surface area contributed by atoms with Crippen molar-refractivity contribution in [3.05, 3.63) is 51.5 Å². The molecule has 2 aromatic rings. The van der Waals surface area contributed by atoms with Crippen LogP contribution in [0.5, 0.6) is 0 Å². The summed E-state index contributed by atoms with van der Waals surface area (Å²) in [5.41, 5.74) is 3.03. The second-order valence-corrected chi connectivity index (χ2v) is 5.16. The zero-order valence-corrected chi connectivity index (χ0v) is 11.4. The molecule has 0 radical (unpaired) electrons. The molecule has 0 spiro atoms. The maximum atomic E-state index is 12.1. The maximum absolute atomic E-state index is 12.1. The number of nitrogens with zero attached hydrogens (tertiary/aromatic N) is 1. The molecule has 1 amide bonds. The second-order valence-electron chi connectivity index (χ2n) is 4.08. The van der Waals surface area contributed by atoms with Gasteiger partial charge in [-0.1, -0.05) is 6.92 Å². The van der Waals surface area contributed by atoms with Gasteiger partial charge in [0.05, 0.1) is 5.56 Å². The zero-order chi connectivity index (χ0) is 13.0. The smallest absolute Gasteiger partial charge is 0.252 e. The summed E-state index contributed by atoms with van der Waals surface area (Å²) in [6.45, 7) is 4.68. The number of carbonyl (C=O) groups excluding carboxylic acids is 1. The van der Waals surface area contributed by atoms with Crippen molar-refractivity contribution in [3.8, 4) is 0 Å². The Morgan fingerprint density at radius 2 is 2.11 bits per heavy atom. The van der Waals surface area contributed by atoms with E-state index in [1.54, 1.807) is 23.7 Å². The van der Waals surface area contributed by atoms with E-state index in [-0.39, 0.29) is 5.91 Å². The van der Waals surface area contributed by atoms with Gasteiger partial charge in [-0.2, -0.15) is 0 Å². The summed E-state index contributed by atoms with van der Waals surface area (Å²) in [6, 6.07) is 3.81. The fraction of sp³-hybridized carbons (Fsp3) is 0.286. The highest BCUT2D eigenvalue weighted by molar-refractivity contribution is 7.10. The third kappa shape index (κ3) is 2.76. The summed E-state index contributed by atoms with van der Waals surface area (Å²) in [5, 5.41) is 4.88. The van der Waals surface area contributed by atoms with Crippen LogP contribution in [0.3, 0.4) is 0 Å². The zero-order valence-electron chi connectivity index (χ0n) is 10.6. The molecule has 94 valence electrons. The third-order valence-corrected chi connectivity index (χ3v) is 3.86. The summed E-state index contributed by atoms with van der Waals surface area (Å²) >= 11 is 1.63. The second kappa shape index (κ2) is 5.78. The summed E-state index contributed by atoms with van der Waals surface area (Å²) in [5.74, 6) is 0.00742. The van der Waals surface area contributed by atoms with Gasteiger partial charge in [0, 0.05) is 29.2 Å². The quantitative estimate of drug-likeness (QED) is 0.918. The topological polar surface area (TPSA) is 42.0 Å². The van der Waals surface area contributed by atoms with Gasteiger partial charge in [0.1, 0.15) is 0 Å². The molecular formula is C14H16N2OS. The molecule has 2 aromatic heterocycles. The Morgan fingerprint density at radius 3 is 2.78 bits per heavy atom. The largest absolute Gasteiger partial charge is 0.348 e. The molecule has 2 heterocycles. The lowest BCUT2D eigenvalue weighted by Crippen LogP contribution is -2.23. The van der Waals surface area contributed by atoms with Crippen LogP contribution in [-0.4, -0.2) is 10.9 Å². The van der Waals surface area contributed by atoms with E-state index in [9.17, 15) is 4.79 Å². The fourth-order valence-electron chi connectivity index (χ4n) is 1.89. The minimum Gasteiger partial charge on any atom is -0.348 e. The van der Waals surface area contributed by atoms with Crippen LogP contribution >= 0.6 is 11.3 Å². The number of pyridine rings is 1. The van der Waals surface area contributed by atoms with Gasteiger partial charge in [-0.3, -0.25) is 9.78 Å². The summed E-state index contributed by atoms with van der Waals surface area (Å²) in [4.78, 5) is 17.3. The average molecular weight is 260 g/mol. The minimum absolute atomic E-state index is 0.00742. The van der Waals surface area contributed by atoms with Gasteiger partial charge in [-0.15, -0.1) is 11.3 Å². The van der Waals surface area contributed by atoms with Crippen LogP contribution in [0, 0.1) is 6.92 Å². The summed E-state index contributed by atoms with van der Waals surface area (Å²) in [6.07, 6.45) is 4.36. The Morgan fingerprint density at radius 1 is 1.39 bits per heavy atom. The van der Waals surface area contributed by atoms with Gasteiger partial charge in [0.2, 0.25) is 0 Å². The number of carbonyl (C=O) groups is 1. The van der Waals surface area contributed by atoms with E-state index in [2.05, 4.69) is 24.1 Å². The van der Waals surface area contributed by atoms with Gasteiger partial charge in [0.25, 0.3) is 5.91 Å². The van der Waals surface area contributed by atoms with E-state index >= 15 is 0 Å². The molecule has 4 heteroatoms. The number of nitrogens with one attached hydrogen (secondary N) is 1. The first-order valence-corrected chi connectivity index (χ1v) is 6.84. The number of hydrogen-bond donors (Lipinski definition) is 1. The first-order valence-electron chi connectivity index (χ1n) is 5.96. The number of aryl methyl sites for hydroxylation is 1. The van der Waals surface area contributed by atoms with Crippen LogP contribution in [0.2, 0.25) is 0 Å². The lowest BCUT2D eigenvalue weighted by Gasteiger charge is -2.06. The first kappa shape index (κ1) is 12.8. The van der Waals surface area contributed by atoms with Crippen molar-refractivity contribution >= 4 is 17.2 Å². The van der Waals surface area contributed by atoms with Crippen molar-refractivity contribution in [1.29, 1.82) is 0 Å². The molecular weight excluding hydrogens is 244 g/mol. The van der Waals surface area contributed by atoms with Gasteiger partial charge in [-0.25, -0.2) is 0 Å². The fourth-order valence-corrected chi connectivity index (χ4v) is 2.83. The van der Waals surface area contributed by atoms with Crippen molar-refractivity contribution in [2.45, 2.75) is 26.8 Å². The number of hydrogen-bond acceptors (Lipinski definition) is 3. The SMILES string of the molecule is CCc1c(C(=O)NCc2ccncc2)csc1C. The summed E-state index contributed by atoms with van der Waals surface area (Å²) < 4.78 is 0. The van der Waals surface area contributed by atoms with E-state index in [0.29, 0.717) is 6.54 Å². The molecule has 2 rings (SSSR count). The highest BCUT2D eigenvalue weighted by atomic mass is 32.1. The van der Waals surface area contributed by atoms with Crippen LogP contribution < -0.4 is 5.32 Å².